The third kappa shape index (κ3) is 7.85. The van der Waals surface area contributed by atoms with E-state index in [1.807, 2.05) is 36.4 Å². The molecule has 294 valence electrons. The number of rotatable bonds is 7. The molecule has 0 spiro atoms. The number of benzene rings is 2. The SMILES string of the molecule is C=C[C@H]1C[C@]1(NC(=O)[C@@H]1C[C@@H]2CN1C(=O)[C@H](C1CCCC1)NC(=O)N1CC[C@@H](C1)OCCC/C=C/c1cc3ccccc3cc1O2)C(=O)NS(=O)(=O)C1CC1. The summed E-state index contributed by atoms with van der Waals surface area (Å²) in [6.07, 6.45) is 11.9. The standard InChI is InChI=1S/C41H51N5O8S/c1-2-30-23-41(30,39(49)44-55(51,52)33-15-16-33)43-37(47)34-22-32-25-46(34)38(48)36(26-10-5-6-11-26)42-40(50)45-18-17-31(24-45)53-19-9-3-4-14-29-20-27-12-7-8-13-28(27)21-35(29)54-32/h2,4,7-8,12-14,20-21,26,30-34,36H,1,3,5-6,9-11,15-19,22-25H2,(H,42,50)(H,43,47)(H,44,49)/b14-4+/t30-,31-,32+,34-,36-,41+/m0/s1. The minimum Gasteiger partial charge on any atom is -0.488 e. The Morgan fingerprint density at radius 1 is 0.982 bits per heavy atom. The van der Waals surface area contributed by atoms with Crippen molar-refractivity contribution in [2.24, 2.45) is 11.8 Å². The number of urea groups is 1. The van der Waals surface area contributed by atoms with Crippen LogP contribution in [0.4, 0.5) is 4.79 Å². The van der Waals surface area contributed by atoms with E-state index in [1.165, 1.54) is 4.90 Å². The smallest absolute Gasteiger partial charge is 0.318 e. The fourth-order valence-corrected chi connectivity index (χ4v) is 10.2. The van der Waals surface area contributed by atoms with Gasteiger partial charge in [0.2, 0.25) is 21.8 Å². The van der Waals surface area contributed by atoms with Crippen molar-refractivity contribution < 1.29 is 37.1 Å². The second-order valence-electron chi connectivity index (χ2n) is 16.1. The predicted octanol–water partition coefficient (Wildman–Crippen LogP) is 4.02. The second-order valence-corrected chi connectivity index (χ2v) is 18.1. The molecular weight excluding hydrogens is 723 g/mol. The zero-order chi connectivity index (χ0) is 38.3. The molecule has 3 saturated carbocycles. The van der Waals surface area contributed by atoms with Crippen LogP contribution in [-0.2, 0) is 29.1 Å². The lowest BCUT2D eigenvalue weighted by molar-refractivity contribution is -0.142. The van der Waals surface area contributed by atoms with Gasteiger partial charge in [-0.3, -0.25) is 19.1 Å². The molecule has 3 aliphatic carbocycles. The van der Waals surface area contributed by atoms with Crippen molar-refractivity contribution in [3.05, 3.63) is 60.7 Å². The molecule has 3 aliphatic heterocycles. The minimum absolute atomic E-state index is 0.0752. The zero-order valence-corrected chi connectivity index (χ0v) is 31.9. The van der Waals surface area contributed by atoms with Crippen LogP contribution in [0.3, 0.4) is 0 Å². The first-order chi connectivity index (χ1) is 26.5. The van der Waals surface area contributed by atoms with Crippen LogP contribution in [0.2, 0.25) is 0 Å². The number of hydrogen-bond donors (Lipinski definition) is 3. The summed E-state index contributed by atoms with van der Waals surface area (Å²) >= 11 is 0. The summed E-state index contributed by atoms with van der Waals surface area (Å²) in [5.41, 5.74) is -0.645. The van der Waals surface area contributed by atoms with Crippen LogP contribution < -0.4 is 20.1 Å². The summed E-state index contributed by atoms with van der Waals surface area (Å²) in [7, 11) is -3.88. The monoisotopic (exact) mass is 773 g/mol. The predicted molar refractivity (Wildman–Crippen MR) is 206 cm³/mol. The molecule has 3 N–H and O–H groups in total. The molecule has 4 bridgehead atoms. The Morgan fingerprint density at radius 2 is 1.75 bits per heavy atom. The fourth-order valence-electron chi connectivity index (χ4n) is 8.83. The Balaban J connectivity index is 1.12. The van der Waals surface area contributed by atoms with E-state index >= 15 is 0 Å². The van der Waals surface area contributed by atoms with Gasteiger partial charge >= 0.3 is 6.03 Å². The number of carbonyl (C=O) groups is 4. The summed E-state index contributed by atoms with van der Waals surface area (Å²) in [5.74, 6) is -1.74. The molecule has 5 amide bonds. The van der Waals surface area contributed by atoms with Crippen LogP contribution in [0.5, 0.6) is 5.75 Å². The van der Waals surface area contributed by atoms with E-state index in [2.05, 4.69) is 34.1 Å². The lowest BCUT2D eigenvalue weighted by Crippen LogP contribution is -2.59. The summed E-state index contributed by atoms with van der Waals surface area (Å²) < 4.78 is 40.6. The van der Waals surface area contributed by atoms with Crippen LogP contribution in [0, 0.1) is 11.8 Å². The Hall–Kier alpha value is -4.43. The number of ether oxygens (including phenoxy) is 2. The van der Waals surface area contributed by atoms with Crippen molar-refractivity contribution in [3.63, 3.8) is 0 Å². The Labute approximate surface area is 322 Å². The molecular formula is C41H51N5O8S. The molecule has 2 aromatic rings. The van der Waals surface area contributed by atoms with Gasteiger partial charge in [0.25, 0.3) is 5.91 Å². The van der Waals surface area contributed by atoms with Gasteiger partial charge in [-0.1, -0.05) is 55.3 Å². The van der Waals surface area contributed by atoms with Crippen molar-refractivity contribution in [3.8, 4) is 5.75 Å². The highest BCUT2D eigenvalue weighted by Crippen LogP contribution is 2.46. The number of sulfonamides is 1. The molecule has 3 heterocycles. The normalized spacial score (nSPS) is 31.0. The highest BCUT2D eigenvalue weighted by atomic mass is 32.2. The van der Waals surface area contributed by atoms with Crippen molar-refractivity contribution in [1.29, 1.82) is 0 Å². The summed E-state index contributed by atoms with van der Waals surface area (Å²) in [4.78, 5) is 59.9. The number of hydrogen-bond acceptors (Lipinski definition) is 8. The molecule has 14 heteroatoms. The van der Waals surface area contributed by atoms with Gasteiger partial charge in [-0.25, -0.2) is 13.2 Å². The molecule has 8 rings (SSSR count). The number of amides is 5. The molecule has 6 atom stereocenters. The highest BCUT2D eigenvalue weighted by Gasteiger charge is 2.62. The first kappa shape index (κ1) is 37.5. The third-order valence-corrected chi connectivity index (χ3v) is 14.1. The Bertz CT molecular complexity index is 1990. The van der Waals surface area contributed by atoms with Gasteiger partial charge in [0.1, 0.15) is 29.5 Å². The van der Waals surface area contributed by atoms with Gasteiger partial charge in [-0.05, 0) is 80.2 Å². The largest absolute Gasteiger partial charge is 0.488 e. The van der Waals surface area contributed by atoms with Gasteiger partial charge in [-0.2, -0.15) is 0 Å². The van der Waals surface area contributed by atoms with Gasteiger partial charge in [0.05, 0.1) is 17.9 Å². The van der Waals surface area contributed by atoms with Gasteiger partial charge < -0.3 is 29.9 Å². The van der Waals surface area contributed by atoms with E-state index in [0.717, 1.165) is 54.9 Å². The number of allylic oxidation sites excluding steroid dienone is 1. The quantitative estimate of drug-likeness (QED) is 0.356. The van der Waals surface area contributed by atoms with Crippen LogP contribution in [-0.4, -0.2) is 103 Å². The summed E-state index contributed by atoms with van der Waals surface area (Å²) in [6.45, 7) is 5.42. The molecule has 0 aromatic heterocycles. The minimum atomic E-state index is -3.88. The van der Waals surface area contributed by atoms with E-state index in [1.54, 1.807) is 11.0 Å². The van der Waals surface area contributed by atoms with Crippen molar-refractivity contribution in [2.75, 3.05) is 26.2 Å². The van der Waals surface area contributed by atoms with Crippen LogP contribution in [0.15, 0.2) is 55.1 Å². The number of fused-ring (bicyclic) bond motifs is 6. The van der Waals surface area contributed by atoms with Gasteiger partial charge in [-0.15, -0.1) is 6.58 Å². The van der Waals surface area contributed by atoms with E-state index in [9.17, 15) is 27.6 Å². The zero-order valence-electron chi connectivity index (χ0n) is 31.1. The topological polar surface area (TPSA) is 163 Å². The van der Waals surface area contributed by atoms with Crippen molar-refractivity contribution in [2.45, 2.75) is 106 Å². The molecule has 55 heavy (non-hydrogen) atoms. The number of carbonyl (C=O) groups excluding carboxylic acids is 4. The number of nitrogens with one attached hydrogen (secondary N) is 3. The van der Waals surface area contributed by atoms with Crippen LogP contribution in [0.25, 0.3) is 16.8 Å². The van der Waals surface area contributed by atoms with E-state index in [-0.39, 0.29) is 43.3 Å². The maximum Gasteiger partial charge on any atom is 0.318 e. The Morgan fingerprint density at radius 3 is 2.47 bits per heavy atom. The first-order valence-electron chi connectivity index (χ1n) is 19.9. The molecule has 0 radical (unpaired) electrons. The maximum atomic E-state index is 14.9. The highest BCUT2D eigenvalue weighted by molar-refractivity contribution is 7.91. The lowest BCUT2D eigenvalue weighted by Gasteiger charge is -2.33. The van der Waals surface area contributed by atoms with E-state index < -0.39 is 56.7 Å². The first-order valence-corrected chi connectivity index (χ1v) is 21.4. The van der Waals surface area contributed by atoms with E-state index in [4.69, 9.17) is 9.47 Å². The van der Waals surface area contributed by atoms with Gasteiger partial charge in [0.15, 0.2) is 0 Å². The van der Waals surface area contributed by atoms with Crippen LogP contribution >= 0.6 is 0 Å². The fraction of sp³-hybridized carbons (Fsp3) is 0.561. The summed E-state index contributed by atoms with van der Waals surface area (Å²) in [5, 5.41) is 7.37. The second kappa shape index (κ2) is 15.2. The van der Waals surface area contributed by atoms with Crippen molar-refractivity contribution >= 4 is 50.6 Å². The molecule has 6 aliphatic rings. The van der Waals surface area contributed by atoms with Crippen LogP contribution in [0.1, 0.15) is 76.2 Å². The summed E-state index contributed by atoms with van der Waals surface area (Å²) in [6, 6.07) is 9.80. The van der Waals surface area contributed by atoms with Gasteiger partial charge in [0, 0.05) is 37.6 Å². The number of nitrogens with zero attached hydrogens (tertiary/aromatic N) is 2. The maximum absolute atomic E-state index is 14.9. The Kier molecular flexibility index (Phi) is 10.4. The van der Waals surface area contributed by atoms with Crippen molar-refractivity contribution in [1.82, 2.24) is 25.2 Å². The molecule has 5 fully saturated rings. The average Bonchev–Trinajstić information content (AvgIpc) is 3.94. The molecule has 2 aromatic carbocycles. The lowest BCUT2D eigenvalue weighted by atomic mass is 9.96. The third-order valence-electron chi connectivity index (χ3n) is 12.3. The molecule has 0 unspecified atom stereocenters. The molecule has 13 nitrogen and oxygen atoms in total. The molecule has 2 saturated heterocycles. The average molecular weight is 774 g/mol. The van der Waals surface area contributed by atoms with E-state index in [0.29, 0.717) is 44.7 Å².